The van der Waals surface area contributed by atoms with Gasteiger partial charge in [-0.25, -0.2) is 4.39 Å². The number of hydrogen-bond acceptors (Lipinski definition) is 5. The van der Waals surface area contributed by atoms with E-state index in [4.69, 9.17) is 37.4 Å². The Balaban J connectivity index is 1.45. The highest BCUT2D eigenvalue weighted by Gasteiger charge is 2.15. The molecule has 0 aromatic heterocycles. The Morgan fingerprint density at radius 3 is 2.46 bits per heavy atom. The third-order valence-electron chi connectivity index (χ3n) is 5.59. The molecule has 0 bridgehead atoms. The van der Waals surface area contributed by atoms with Crippen molar-refractivity contribution in [1.82, 2.24) is 0 Å². The Morgan fingerprint density at radius 1 is 0.971 bits per heavy atom. The number of morpholine rings is 1. The molecule has 3 aromatic carbocycles. The molecule has 0 atom stereocenters. The van der Waals surface area contributed by atoms with Crippen LogP contribution in [0.2, 0.25) is 10.0 Å². The van der Waals surface area contributed by atoms with Gasteiger partial charge in [0, 0.05) is 35.4 Å². The van der Waals surface area contributed by atoms with E-state index in [1.165, 1.54) is 12.1 Å². The van der Waals surface area contributed by atoms with Crippen molar-refractivity contribution < 1.29 is 18.6 Å². The SMILES string of the molecule is CCOc1cc(CNc2ccc(N3CCOCC3)c(Cl)c2)c(Br)cc1OCc1ccc(F)cc1Cl. The zero-order valence-electron chi connectivity index (χ0n) is 19.3. The zero-order chi connectivity index (χ0) is 24.8. The standard InChI is InChI=1S/C26H26BrCl2FN2O3/c1-2-34-25-11-18(21(27)14-26(25)35-16-17-3-4-19(30)12-22(17)28)15-31-20-5-6-24(23(29)13-20)32-7-9-33-10-8-32/h3-6,11-14,31H,2,7-10,15-16H2,1H3. The zero-order valence-corrected chi connectivity index (χ0v) is 22.4. The van der Waals surface area contributed by atoms with E-state index in [1.54, 1.807) is 6.07 Å². The molecule has 1 saturated heterocycles. The molecule has 0 spiro atoms. The molecule has 1 aliphatic heterocycles. The van der Waals surface area contributed by atoms with Gasteiger partial charge in [-0.2, -0.15) is 0 Å². The molecule has 1 aliphatic rings. The van der Waals surface area contributed by atoms with Crippen LogP contribution in [-0.2, 0) is 17.9 Å². The van der Waals surface area contributed by atoms with E-state index in [2.05, 4.69) is 26.1 Å². The van der Waals surface area contributed by atoms with Gasteiger partial charge in [0.25, 0.3) is 0 Å². The largest absolute Gasteiger partial charge is 0.490 e. The second kappa shape index (κ2) is 12.2. The first-order chi connectivity index (χ1) is 16.9. The molecule has 4 rings (SSSR count). The summed E-state index contributed by atoms with van der Waals surface area (Å²) in [4.78, 5) is 2.23. The number of ether oxygens (including phenoxy) is 3. The number of anilines is 2. The minimum atomic E-state index is -0.384. The first kappa shape index (κ1) is 25.9. The average molecular weight is 584 g/mol. The number of nitrogens with one attached hydrogen (secondary N) is 1. The summed E-state index contributed by atoms with van der Waals surface area (Å²) in [5.41, 5.74) is 3.62. The van der Waals surface area contributed by atoms with Crippen molar-refractivity contribution in [3.63, 3.8) is 0 Å². The van der Waals surface area contributed by atoms with E-state index in [0.29, 0.717) is 53.5 Å². The lowest BCUT2D eigenvalue weighted by molar-refractivity contribution is 0.122. The topological polar surface area (TPSA) is 43.0 Å². The Morgan fingerprint density at radius 2 is 1.74 bits per heavy atom. The van der Waals surface area contributed by atoms with Gasteiger partial charge in [0.2, 0.25) is 0 Å². The molecule has 35 heavy (non-hydrogen) atoms. The molecule has 0 unspecified atom stereocenters. The van der Waals surface area contributed by atoms with Gasteiger partial charge in [-0.1, -0.05) is 45.2 Å². The van der Waals surface area contributed by atoms with Crippen molar-refractivity contribution in [2.24, 2.45) is 0 Å². The summed E-state index contributed by atoms with van der Waals surface area (Å²) >= 11 is 16.3. The van der Waals surface area contributed by atoms with Gasteiger partial charge in [0.1, 0.15) is 12.4 Å². The first-order valence-electron chi connectivity index (χ1n) is 11.3. The van der Waals surface area contributed by atoms with E-state index < -0.39 is 0 Å². The van der Waals surface area contributed by atoms with Crippen molar-refractivity contribution in [2.45, 2.75) is 20.1 Å². The Bertz CT molecular complexity index is 1180. The molecule has 186 valence electrons. The van der Waals surface area contributed by atoms with Crippen LogP contribution in [0.15, 0.2) is 53.0 Å². The highest BCUT2D eigenvalue weighted by atomic mass is 79.9. The van der Waals surface area contributed by atoms with Crippen molar-refractivity contribution in [1.29, 1.82) is 0 Å². The number of halogens is 4. The van der Waals surface area contributed by atoms with Crippen molar-refractivity contribution in [3.8, 4) is 11.5 Å². The first-order valence-corrected chi connectivity index (χ1v) is 12.9. The van der Waals surface area contributed by atoms with E-state index in [-0.39, 0.29) is 12.4 Å². The molecule has 0 radical (unpaired) electrons. The van der Waals surface area contributed by atoms with Crippen LogP contribution < -0.4 is 19.7 Å². The molecule has 9 heteroatoms. The van der Waals surface area contributed by atoms with Gasteiger partial charge in [0.15, 0.2) is 11.5 Å². The summed E-state index contributed by atoms with van der Waals surface area (Å²) in [6, 6.07) is 14.0. The number of benzene rings is 3. The molecule has 1 fully saturated rings. The Hall–Kier alpha value is -2.19. The fourth-order valence-corrected chi connectivity index (χ4v) is 4.75. The van der Waals surface area contributed by atoms with Crippen LogP contribution >= 0.6 is 39.1 Å². The van der Waals surface area contributed by atoms with E-state index in [0.717, 1.165) is 34.5 Å². The molecular formula is C26H26BrCl2FN2O3. The summed E-state index contributed by atoms with van der Waals surface area (Å²) in [7, 11) is 0. The molecule has 1 heterocycles. The third kappa shape index (κ3) is 6.73. The van der Waals surface area contributed by atoms with Crippen molar-refractivity contribution in [3.05, 3.63) is 80.0 Å². The second-order valence-electron chi connectivity index (χ2n) is 7.97. The number of nitrogens with zero attached hydrogens (tertiary/aromatic N) is 1. The number of hydrogen-bond donors (Lipinski definition) is 1. The highest BCUT2D eigenvalue weighted by molar-refractivity contribution is 9.10. The summed E-state index contributed by atoms with van der Waals surface area (Å²) in [5.74, 6) is 0.803. The van der Waals surface area contributed by atoms with Gasteiger partial charge in [-0.3, -0.25) is 0 Å². The van der Waals surface area contributed by atoms with Crippen molar-refractivity contribution >= 4 is 50.5 Å². The molecule has 3 aromatic rings. The average Bonchev–Trinajstić information content (AvgIpc) is 2.84. The van der Waals surface area contributed by atoms with Gasteiger partial charge < -0.3 is 24.4 Å². The fourth-order valence-electron chi connectivity index (χ4n) is 3.76. The summed E-state index contributed by atoms with van der Waals surface area (Å²) in [6.45, 7) is 6.24. The van der Waals surface area contributed by atoms with Crippen LogP contribution in [0.5, 0.6) is 11.5 Å². The maximum absolute atomic E-state index is 13.3. The Labute approximate surface area is 223 Å². The molecule has 5 nitrogen and oxygen atoms in total. The quantitative estimate of drug-likeness (QED) is 0.286. The van der Waals surface area contributed by atoms with E-state index >= 15 is 0 Å². The normalized spacial score (nSPS) is 13.6. The lowest BCUT2D eigenvalue weighted by Gasteiger charge is -2.29. The van der Waals surface area contributed by atoms with Crippen LogP contribution in [0.25, 0.3) is 0 Å². The van der Waals surface area contributed by atoms with Crippen LogP contribution in [0.1, 0.15) is 18.1 Å². The number of rotatable bonds is 9. The lowest BCUT2D eigenvalue weighted by Crippen LogP contribution is -2.36. The molecular weight excluding hydrogens is 558 g/mol. The summed E-state index contributed by atoms with van der Waals surface area (Å²) < 4.78 is 31.4. The van der Waals surface area contributed by atoms with E-state index in [1.807, 2.05) is 37.3 Å². The van der Waals surface area contributed by atoms with Gasteiger partial charge in [0.05, 0.1) is 35.6 Å². The monoisotopic (exact) mass is 582 g/mol. The van der Waals surface area contributed by atoms with Crippen molar-refractivity contribution in [2.75, 3.05) is 43.1 Å². The van der Waals surface area contributed by atoms with Crippen LogP contribution in [0.3, 0.4) is 0 Å². The lowest BCUT2D eigenvalue weighted by atomic mass is 10.2. The molecule has 0 amide bonds. The minimum Gasteiger partial charge on any atom is -0.490 e. The minimum absolute atomic E-state index is 0.192. The fraction of sp³-hybridized carbons (Fsp3) is 0.308. The molecule has 0 aliphatic carbocycles. The van der Waals surface area contributed by atoms with Gasteiger partial charge in [-0.15, -0.1) is 0 Å². The third-order valence-corrected chi connectivity index (χ3v) is 6.99. The highest BCUT2D eigenvalue weighted by Crippen LogP contribution is 2.36. The maximum Gasteiger partial charge on any atom is 0.162 e. The molecule has 0 saturated carbocycles. The molecule has 1 N–H and O–H groups in total. The van der Waals surface area contributed by atoms with Crippen LogP contribution in [0.4, 0.5) is 15.8 Å². The van der Waals surface area contributed by atoms with E-state index in [9.17, 15) is 4.39 Å². The van der Waals surface area contributed by atoms with Crippen LogP contribution in [0, 0.1) is 5.82 Å². The Kier molecular flexibility index (Phi) is 9.00. The second-order valence-corrected chi connectivity index (χ2v) is 9.64. The predicted molar refractivity (Wildman–Crippen MR) is 143 cm³/mol. The van der Waals surface area contributed by atoms with Gasteiger partial charge in [-0.05, 0) is 55.0 Å². The summed E-state index contributed by atoms with van der Waals surface area (Å²) in [6.07, 6.45) is 0. The maximum atomic E-state index is 13.3. The predicted octanol–water partition coefficient (Wildman–Crippen LogP) is 7.32. The van der Waals surface area contributed by atoms with Crippen LogP contribution in [-0.4, -0.2) is 32.9 Å². The summed E-state index contributed by atoms with van der Waals surface area (Å²) in [5, 5.41) is 4.45. The van der Waals surface area contributed by atoms with Gasteiger partial charge >= 0.3 is 0 Å². The smallest absolute Gasteiger partial charge is 0.162 e.